The lowest BCUT2D eigenvalue weighted by Crippen LogP contribution is -2.46. The third kappa shape index (κ3) is 3.53. The SMILES string of the molecule is CCCC1(c2c(N)c(=O)c2=O)N=CC=C1Oc1cccc(CN2CCCCC2)c1. The van der Waals surface area contributed by atoms with Crippen LogP contribution in [0.2, 0.25) is 0 Å². The van der Waals surface area contributed by atoms with Crippen LogP contribution in [0.15, 0.2) is 50.7 Å². The molecular weight excluding hydrogens is 366 g/mol. The largest absolute Gasteiger partial charge is 0.459 e. The molecular formula is C23H27N3O3. The van der Waals surface area contributed by atoms with Crippen molar-refractivity contribution in [1.82, 2.24) is 4.90 Å². The number of likely N-dealkylation sites (tertiary alicyclic amines) is 1. The van der Waals surface area contributed by atoms with Crippen molar-refractivity contribution >= 4 is 11.9 Å². The smallest absolute Gasteiger partial charge is 0.249 e. The third-order valence-corrected chi connectivity index (χ3v) is 5.88. The number of piperidine rings is 1. The first-order chi connectivity index (χ1) is 14.0. The van der Waals surface area contributed by atoms with Crippen molar-refractivity contribution < 1.29 is 4.74 Å². The number of allylic oxidation sites excluding steroid dienone is 1. The maximum Gasteiger partial charge on any atom is 0.249 e. The monoisotopic (exact) mass is 393 g/mol. The molecule has 2 heterocycles. The molecule has 6 heteroatoms. The molecule has 2 aromatic carbocycles. The highest BCUT2D eigenvalue weighted by molar-refractivity contribution is 5.79. The number of nitrogens with two attached hydrogens (primary N) is 1. The summed E-state index contributed by atoms with van der Waals surface area (Å²) in [5.41, 5.74) is 5.19. The zero-order chi connectivity index (χ0) is 20.4. The molecule has 1 unspecified atom stereocenters. The summed E-state index contributed by atoms with van der Waals surface area (Å²) in [7, 11) is 0. The topological polar surface area (TPSA) is 85.0 Å². The number of hydrogen-bond acceptors (Lipinski definition) is 6. The third-order valence-electron chi connectivity index (χ3n) is 5.88. The molecule has 152 valence electrons. The number of aliphatic imine (C=N–C) groups is 1. The molecule has 1 fully saturated rings. The molecule has 4 rings (SSSR count). The van der Waals surface area contributed by atoms with Crippen LogP contribution in [0.5, 0.6) is 5.75 Å². The number of anilines is 1. The summed E-state index contributed by atoms with van der Waals surface area (Å²) in [6.07, 6.45) is 8.55. The van der Waals surface area contributed by atoms with E-state index >= 15 is 0 Å². The van der Waals surface area contributed by atoms with Gasteiger partial charge in [0.2, 0.25) is 10.9 Å². The second-order valence-corrected chi connectivity index (χ2v) is 7.95. The van der Waals surface area contributed by atoms with Crippen LogP contribution in [0.25, 0.3) is 0 Å². The molecule has 2 aromatic rings. The van der Waals surface area contributed by atoms with Crippen molar-refractivity contribution in [2.24, 2.45) is 4.99 Å². The van der Waals surface area contributed by atoms with Crippen molar-refractivity contribution in [1.29, 1.82) is 0 Å². The predicted molar refractivity (Wildman–Crippen MR) is 115 cm³/mol. The molecule has 29 heavy (non-hydrogen) atoms. The van der Waals surface area contributed by atoms with Gasteiger partial charge in [0.15, 0.2) is 0 Å². The first-order valence-corrected chi connectivity index (χ1v) is 10.4. The van der Waals surface area contributed by atoms with Gasteiger partial charge in [0.25, 0.3) is 0 Å². The van der Waals surface area contributed by atoms with Gasteiger partial charge in [-0.25, -0.2) is 0 Å². The normalized spacial score (nSPS) is 22.2. The van der Waals surface area contributed by atoms with E-state index in [1.807, 2.05) is 25.1 Å². The van der Waals surface area contributed by atoms with Crippen LogP contribution in [-0.4, -0.2) is 24.2 Å². The minimum atomic E-state index is -0.993. The Hall–Kier alpha value is -2.73. The molecule has 0 aliphatic carbocycles. The lowest BCUT2D eigenvalue weighted by Gasteiger charge is -2.31. The lowest BCUT2D eigenvalue weighted by molar-refractivity contribution is 0.220. The van der Waals surface area contributed by atoms with Crippen LogP contribution in [-0.2, 0) is 12.1 Å². The van der Waals surface area contributed by atoms with Crippen molar-refractivity contribution in [2.75, 3.05) is 18.8 Å². The molecule has 2 N–H and O–H groups in total. The summed E-state index contributed by atoms with van der Waals surface area (Å²) < 4.78 is 6.23. The Balaban J connectivity index is 1.58. The Morgan fingerprint density at radius 1 is 1.17 bits per heavy atom. The molecule has 2 aliphatic rings. The van der Waals surface area contributed by atoms with Gasteiger partial charge >= 0.3 is 0 Å². The van der Waals surface area contributed by atoms with E-state index in [0.717, 1.165) is 26.1 Å². The van der Waals surface area contributed by atoms with Crippen molar-refractivity contribution in [3.8, 4) is 5.75 Å². The fraction of sp³-hybridized carbons (Fsp3) is 0.435. The van der Waals surface area contributed by atoms with Gasteiger partial charge in [-0.15, -0.1) is 0 Å². The number of benzene rings is 1. The first kappa shape index (κ1) is 19.6. The summed E-state index contributed by atoms with van der Waals surface area (Å²) in [4.78, 5) is 31.0. The average Bonchev–Trinajstić information content (AvgIpc) is 3.11. The van der Waals surface area contributed by atoms with E-state index in [-0.39, 0.29) is 11.3 Å². The minimum Gasteiger partial charge on any atom is -0.459 e. The fourth-order valence-electron chi connectivity index (χ4n) is 4.44. The number of nitrogens with zero attached hydrogens (tertiary/aromatic N) is 2. The highest BCUT2D eigenvalue weighted by atomic mass is 16.5. The molecule has 0 amide bonds. The Morgan fingerprint density at radius 2 is 1.97 bits per heavy atom. The lowest BCUT2D eigenvalue weighted by atomic mass is 9.81. The quantitative estimate of drug-likeness (QED) is 0.731. The summed E-state index contributed by atoms with van der Waals surface area (Å²) in [6.45, 7) is 5.17. The van der Waals surface area contributed by atoms with Gasteiger partial charge in [-0.2, -0.15) is 0 Å². The fourth-order valence-corrected chi connectivity index (χ4v) is 4.44. The minimum absolute atomic E-state index is 0.0100. The van der Waals surface area contributed by atoms with E-state index in [4.69, 9.17) is 10.5 Å². The van der Waals surface area contributed by atoms with Crippen LogP contribution >= 0.6 is 0 Å². The van der Waals surface area contributed by atoms with E-state index in [9.17, 15) is 9.59 Å². The van der Waals surface area contributed by atoms with E-state index in [1.54, 1.807) is 12.3 Å². The number of rotatable bonds is 7. The van der Waals surface area contributed by atoms with E-state index in [0.29, 0.717) is 17.9 Å². The van der Waals surface area contributed by atoms with Gasteiger partial charge in [-0.1, -0.05) is 31.9 Å². The first-order valence-electron chi connectivity index (χ1n) is 10.4. The molecule has 6 nitrogen and oxygen atoms in total. The summed E-state index contributed by atoms with van der Waals surface area (Å²) in [6, 6.07) is 8.03. The molecule has 1 atom stereocenters. The van der Waals surface area contributed by atoms with Crippen molar-refractivity contribution in [3.63, 3.8) is 0 Å². The Kier molecular flexibility index (Phi) is 5.37. The number of nitrogen functional groups attached to an aromatic ring is 1. The Morgan fingerprint density at radius 3 is 2.69 bits per heavy atom. The molecule has 2 aliphatic heterocycles. The van der Waals surface area contributed by atoms with Crippen molar-refractivity contribution in [3.05, 3.63) is 67.7 Å². The van der Waals surface area contributed by atoms with Gasteiger partial charge in [-0.3, -0.25) is 19.5 Å². The maximum absolute atomic E-state index is 12.3. The zero-order valence-corrected chi connectivity index (χ0v) is 16.8. The van der Waals surface area contributed by atoms with Crippen LogP contribution < -0.4 is 21.3 Å². The van der Waals surface area contributed by atoms with Gasteiger partial charge in [0.1, 0.15) is 17.0 Å². The van der Waals surface area contributed by atoms with Gasteiger partial charge in [-0.05, 0) is 56.1 Å². The van der Waals surface area contributed by atoms with Gasteiger partial charge in [0, 0.05) is 12.8 Å². The molecule has 0 spiro atoms. The summed E-state index contributed by atoms with van der Waals surface area (Å²) in [5.74, 6) is 1.25. The van der Waals surface area contributed by atoms with Crippen LogP contribution in [0.3, 0.4) is 0 Å². The van der Waals surface area contributed by atoms with Gasteiger partial charge < -0.3 is 10.5 Å². The van der Waals surface area contributed by atoms with Crippen molar-refractivity contribution in [2.45, 2.75) is 51.1 Å². The van der Waals surface area contributed by atoms with E-state index in [2.05, 4.69) is 16.0 Å². The molecule has 0 saturated carbocycles. The Bertz CT molecular complexity index is 1030. The van der Waals surface area contributed by atoms with Crippen LogP contribution in [0, 0.1) is 0 Å². The zero-order valence-electron chi connectivity index (χ0n) is 16.8. The number of hydrogen-bond donors (Lipinski definition) is 1. The average molecular weight is 393 g/mol. The molecule has 0 aromatic heterocycles. The van der Waals surface area contributed by atoms with Crippen LogP contribution in [0.1, 0.15) is 50.2 Å². The molecule has 0 radical (unpaired) electrons. The predicted octanol–water partition coefficient (Wildman–Crippen LogP) is 2.89. The second-order valence-electron chi connectivity index (χ2n) is 7.95. The molecule has 0 bridgehead atoms. The highest BCUT2D eigenvalue weighted by Crippen LogP contribution is 2.42. The Labute approximate surface area is 170 Å². The molecule has 1 saturated heterocycles. The van der Waals surface area contributed by atoms with Gasteiger partial charge in [0.05, 0.1) is 11.3 Å². The standard InChI is InChI=1S/C23H27N3O3/c1-2-10-23(19-20(24)22(28)21(19)27)18(9-11-25-23)29-17-8-6-7-16(14-17)15-26-12-4-3-5-13-26/h6-9,11,14H,2-5,10,12-13,15,24H2,1H3. The van der Waals surface area contributed by atoms with Crippen LogP contribution in [0.4, 0.5) is 5.69 Å². The van der Waals surface area contributed by atoms with E-state index < -0.39 is 16.4 Å². The maximum atomic E-state index is 12.3. The summed E-state index contributed by atoms with van der Waals surface area (Å²) in [5, 5.41) is 0. The highest BCUT2D eigenvalue weighted by Gasteiger charge is 2.45. The number of ether oxygens (including phenoxy) is 1. The summed E-state index contributed by atoms with van der Waals surface area (Å²) >= 11 is 0. The second kappa shape index (κ2) is 7.95. The van der Waals surface area contributed by atoms with E-state index in [1.165, 1.54) is 24.8 Å².